The number of ether oxygens (including phenoxy) is 3. The number of carbonyl (C=O) groups is 2. The minimum absolute atomic E-state index is 0.153. The van der Waals surface area contributed by atoms with Crippen molar-refractivity contribution in [2.75, 3.05) is 13.7 Å². The molecule has 8 nitrogen and oxygen atoms in total. The zero-order valence-electron chi connectivity index (χ0n) is 17.0. The third kappa shape index (κ3) is 6.46. The molecule has 31 heavy (non-hydrogen) atoms. The van der Waals surface area contributed by atoms with Crippen LogP contribution >= 0.6 is 0 Å². The molecule has 0 spiro atoms. The van der Waals surface area contributed by atoms with Crippen LogP contribution in [0.2, 0.25) is 0 Å². The molecule has 0 fully saturated rings. The highest BCUT2D eigenvalue weighted by molar-refractivity contribution is 5.92. The maximum Gasteiger partial charge on any atom is 0.258 e. The van der Waals surface area contributed by atoms with E-state index < -0.39 is 5.91 Å². The summed E-state index contributed by atoms with van der Waals surface area (Å²) < 4.78 is 16.6. The number of nitrogens with zero attached hydrogens (tertiary/aromatic N) is 1. The zero-order valence-corrected chi connectivity index (χ0v) is 17.0. The van der Waals surface area contributed by atoms with Crippen LogP contribution in [0.25, 0.3) is 0 Å². The van der Waals surface area contributed by atoms with Gasteiger partial charge in [-0.2, -0.15) is 0 Å². The molecule has 3 rings (SSSR count). The van der Waals surface area contributed by atoms with E-state index in [0.29, 0.717) is 36.0 Å². The van der Waals surface area contributed by atoms with Crippen molar-refractivity contribution in [3.05, 3.63) is 83.7 Å². The van der Waals surface area contributed by atoms with Gasteiger partial charge in [-0.05, 0) is 59.7 Å². The number of pyridine rings is 1. The third-order valence-corrected chi connectivity index (χ3v) is 4.37. The summed E-state index contributed by atoms with van der Waals surface area (Å²) in [7, 11) is 1.56. The number of nitrogens with two attached hydrogens (primary N) is 1. The van der Waals surface area contributed by atoms with Gasteiger partial charge in [-0.3, -0.25) is 14.6 Å². The van der Waals surface area contributed by atoms with E-state index in [-0.39, 0.29) is 12.5 Å². The Hall–Kier alpha value is -4.07. The number of primary amides is 1. The molecule has 0 saturated carbocycles. The lowest BCUT2D eigenvalue weighted by Gasteiger charge is -2.13. The molecule has 3 aromatic rings. The summed E-state index contributed by atoms with van der Waals surface area (Å²) in [6, 6.07) is 15.5. The molecule has 3 N–H and O–H groups in total. The smallest absolute Gasteiger partial charge is 0.258 e. The summed E-state index contributed by atoms with van der Waals surface area (Å²) in [5, 5.41) is 2.79. The highest BCUT2D eigenvalue weighted by Crippen LogP contribution is 2.28. The van der Waals surface area contributed by atoms with E-state index in [0.717, 1.165) is 11.1 Å². The molecule has 8 heteroatoms. The third-order valence-electron chi connectivity index (χ3n) is 4.37. The molecular formula is C23H23N3O5. The van der Waals surface area contributed by atoms with Crippen LogP contribution < -0.4 is 25.3 Å². The van der Waals surface area contributed by atoms with Crippen LogP contribution in [0.5, 0.6) is 17.2 Å². The normalized spacial score (nSPS) is 10.2. The van der Waals surface area contributed by atoms with Crippen LogP contribution in [-0.4, -0.2) is 30.5 Å². The summed E-state index contributed by atoms with van der Waals surface area (Å²) >= 11 is 0. The van der Waals surface area contributed by atoms with E-state index in [1.165, 1.54) is 0 Å². The lowest BCUT2D eigenvalue weighted by molar-refractivity contribution is -0.123. The van der Waals surface area contributed by atoms with Gasteiger partial charge in [0.25, 0.3) is 5.91 Å². The number of benzene rings is 2. The Labute approximate surface area is 180 Å². The summed E-state index contributed by atoms with van der Waals surface area (Å²) in [4.78, 5) is 27.1. The molecule has 0 aliphatic heterocycles. The predicted octanol–water partition coefficient (Wildman–Crippen LogP) is 2.46. The first kappa shape index (κ1) is 21.6. The second kappa shape index (κ2) is 10.6. The number of rotatable bonds is 10. The molecule has 2 amide bonds. The van der Waals surface area contributed by atoms with Gasteiger partial charge in [-0.15, -0.1) is 0 Å². The maximum atomic E-state index is 12.1. The van der Waals surface area contributed by atoms with Crippen LogP contribution in [0.3, 0.4) is 0 Å². The van der Waals surface area contributed by atoms with Crippen molar-refractivity contribution in [3.63, 3.8) is 0 Å². The molecule has 0 bridgehead atoms. The summed E-state index contributed by atoms with van der Waals surface area (Å²) in [6.07, 6.45) is 3.42. The van der Waals surface area contributed by atoms with Gasteiger partial charge < -0.3 is 25.3 Å². The first-order chi connectivity index (χ1) is 15.0. The molecule has 2 aromatic carbocycles. The minimum Gasteiger partial charge on any atom is -0.493 e. The lowest BCUT2D eigenvalue weighted by Crippen LogP contribution is -2.28. The number of hydrogen-bond acceptors (Lipinski definition) is 6. The van der Waals surface area contributed by atoms with Crippen LogP contribution in [0.15, 0.2) is 67.0 Å². The van der Waals surface area contributed by atoms with Crippen LogP contribution in [0.1, 0.15) is 21.5 Å². The van der Waals surface area contributed by atoms with Crippen LogP contribution in [0, 0.1) is 0 Å². The fourth-order valence-corrected chi connectivity index (χ4v) is 2.70. The van der Waals surface area contributed by atoms with E-state index in [2.05, 4.69) is 10.3 Å². The molecule has 0 aliphatic rings. The topological polar surface area (TPSA) is 113 Å². The van der Waals surface area contributed by atoms with Gasteiger partial charge in [0.1, 0.15) is 12.4 Å². The maximum absolute atomic E-state index is 12.1. The predicted molar refractivity (Wildman–Crippen MR) is 114 cm³/mol. The van der Waals surface area contributed by atoms with Crippen molar-refractivity contribution in [2.24, 2.45) is 5.73 Å². The molecule has 0 saturated heterocycles. The van der Waals surface area contributed by atoms with Gasteiger partial charge in [-0.1, -0.05) is 6.07 Å². The van der Waals surface area contributed by atoms with Crippen molar-refractivity contribution >= 4 is 11.8 Å². The van der Waals surface area contributed by atoms with Gasteiger partial charge in [0.15, 0.2) is 18.1 Å². The van der Waals surface area contributed by atoms with Crippen molar-refractivity contribution < 1.29 is 23.8 Å². The molecule has 0 radical (unpaired) electrons. The summed E-state index contributed by atoms with van der Waals surface area (Å²) in [5.41, 5.74) is 7.42. The Morgan fingerprint density at radius 2 is 1.68 bits per heavy atom. The van der Waals surface area contributed by atoms with Crippen molar-refractivity contribution in [3.8, 4) is 17.2 Å². The van der Waals surface area contributed by atoms with Crippen molar-refractivity contribution in [1.82, 2.24) is 10.3 Å². The van der Waals surface area contributed by atoms with Gasteiger partial charge >= 0.3 is 0 Å². The number of aromatic nitrogens is 1. The number of nitrogens with one attached hydrogen (secondary N) is 1. The van der Waals surface area contributed by atoms with Gasteiger partial charge in [-0.25, -0.2) is 0 Å². The number of methoxy groups -OCH3 is 1. The number of carbonyl (C=O) groups excluding carboxylic acids is 2. The first-order valence-corrected chi connectivity index (χ1v) is 9.53. The van der Waals surface area contributed by atoms with Crippen molar-refractivity contribution in [1.29, 1.82) is 0 Å². The van der Waals surface area contributed by atoms with Gasteiger partial charge in [0.2, 0.25) is 5.91 Å². The van der Waals surface area contributed by atoms with E-state index in [4.69, 9.17) is 19.9 Å². The second-order valence-electron chi connectivity index (χ2n) is 6.58. The van der Waals surface area contributed by atoms with Gasteiger partial charge in [0.05, 0.1) is 7.11 Å². The van der Waals surface area contributed by atoms with Crippen molar-refractivity contribution in [2.45, 2.75) is 13.2 Å². The van der Waals surface area contributed by atoms with E-state index in [9.17, 15) is 9.59 Å². The SMILES string of the molecule is COc1cc(CNC(=O)COc2ccc(C(N)=O)cc2)ccc1OCc1ccncc1. The minimum atomic E-state index is -0.520. The van der Waals surface area contributed by atoms with E-state index in [1.807, 2.05) is 24.3 Å². The Morgan fingerprint density at radius 1 is 0.935 bits per heavy atom. The Bertz CT molecular complexity index is 1020. The Morgan fingerprint density at radius 3 is 2.35 bits per heavy atom. The highest BCUT2D eigenvalue weighted by Gasteiger charge is 2.09. The summed E-state index contributed by atoms with van der Waals surface area (Å²) in [6.45, 7) is 0.552. The standard InChI is InChI=1S/C23H23N3O5/c1-29-21-12-17(2-7-20(21)31-14-16-8-10-25-11-9-16)13-26-22(27)15-30-19-5-3-18(4-6-19)23(24)28/h2-12H,13-15H2,1H3,(H2,24,28)(H,26,27). The number of hydrogen-bond donors (Lipinski definition) is 2. The van der Waals surface area contributed by atoms with Crippen LogP contribution in [0.4, 0.5) is 0 Å². The zero-order chi connectivity index (χ0) is 22.1. The highest BCUT2D eigenvalue weighted by atomic mass is 16.5. The molecule has 0 atom stereocenters. The second-order valence-corrected chi connectivity index (χ2v) is 6.58. The summed E-state index contributed by atoms with van der Waals surface area (Å²) in [5.74, 6) is 0.853. The largest absolute Gasteiger partial charge is 0.493 e. The van der Waals surface area contributed by atoms with Crippen LogP contribution in [-0.2, 0) is 17.9 Å². The van der Waals surface area contributed by atoms with E-state index in [1.54, 1.807) is 49.8 Å². The molecule has 160 valence electrons. The molecular weight excluding hydrogens is 398 g/mol. The molecule has 0 unspecified atom stereocenters. The number of amides is 2. The Kier molecular flexibility index (Phi) is 7.42. The fourth-order valence-electron chi connectivity index (χ4n) is 2.70. The lowest BCUT2D eigenvalue weighted by atomic mass is 10.2. The average molecular weight is 421 g/mol. The molecule has 0 aliphatic carbocycles. The van der Waals surface area contributed by atoms with Gasteiger partial charge in [0, 0.05) is 24.5 Å². The fraction of sp³-hybridized carbons (Fsp3) is 0.174. The van der Waals surface area contributed by atoms with E-state index >= 15 is 0 Å². The first-order valence-electron chi connectivity index (χ1n) is 9.53. The molecule has 1 heterocycles. The Balaban J connectivity index is 1.49. The monoisotopic (exact) mass is 421 g/mol. The average Bonchev–Trinajstić information content (AvgIpc) is 2.81. The molecule has 1 aromatic heterocycles. The quantitative estimate of drug-likeness (QED) is 0.520.